The van der Waals surface area contributed by atoms with Crippen molar-refractivity contribution in [2.45, 2.75) is 27.7 Å². The first kappa shape index (κ1) is 21.4. The molecular formula is C20H23NO6S. The van der Waals surface area contributed by atoms with Crippen molar-refractivity contribution >= 4 is 34.5 Å². The Labute approximate surface area is 167 Å². The molecule has 0 bridgehead atoms. The molecule has 1 N–H and O–H groups in total. The van der Waals surface area contributed by atoms with Crippen LogP contribution in [-0.4, -0.2) is 38.0 Å². The van der Waals surface area contributed by atoms with Crippen LogP contribution in [-0.2, 0) is 9.53 Å². The number of hydrogen-bond donors (Lipinski definition) is 1. The summed E-state index contributed by atoms with van der Waals surface area (Å²) in [5, 5.41) is 3.15. The van der Waals surface area contributed by atoms with Crippen LogP contribution in [0.4, 0.5) is 5.00 Å². The van der Waals surface area contributed by atoms with Crippen LogP contribution in [0.1, 0.15) is 45.0 Å². The summed E-state index contributed by atoms with van der Waals surface area (Å²) in [5.41, 5.74) is 1.59. The van der Waals surface area contributed by atoms with Crippen molar-refractivity contribution in [2.75, 3.05) is 25.1 Å². The summed E-state index contributed by atoms with van der Waals surface area (Å²) in [7, 11) is 0. The van der Waals surface area contributed by atoms with E-state index < -0.39 is 11.9 Å². The van der Waals surface area contributed by atoms with Crippen molar-refractivity contribution in [3.05, 3.63) is 39.8 Å². The van der Waals surface area contributed by atoms with Gasteiger partial charge in [-0.25, -0.2) is 4.79 Å². The molecule has 2 aromatic rings. The normalized spacial score (nSPS) is 10.3. The fraction of sp³-hybridized carbons (Fsp3) is 0.350. The molecule has 7 nitrogen and oxygen atoms in total. The first-order chi connectivity index (χ1) is 13.4. The summed E-state index contributed by atoms with van der Waals surface area (Å²) in [6.45, 7) is 7.58. The third-order valence-electron chi connectivity index (χ3n) is 3.88. The molecule has 0 aliphatic heterocycles. The number of ether oxygens (including phenoxy) is 3. The molecule has 0 aliphatic rings. The van der Waals surface area contributed by atoms with E-state index in [9.17, 15) is 14.4 Å². The monoisotopic (exact) mass is 405 g/mol. The van der Waals surface area contributed by atoms with Gasteiger partial charge in [0.2, 0.25) is 0 Å². The molecule has 1 aromatic carbocycles. The van der Waals surface area contributed by atoms with Crippen molar-refractivity contribution in [3.63, 3.8) is 0 Å². The fourth-order valence-electron chi connectivity index (χ4n) is 2.46. The lowest BCUT2D eigenvalue weighted by Crippen LogP contribution is -2.21. The number of amides is 1. The highest BCUT2D eigenvalue weighted by atomic mass is 32.1. The van der Waals surface area contributed by atoms with Gasteiger partial charge in [-0.1, -0.05) is 0 Å². The van der Waals surface area contributed by atoms with Crippen molar-refractivity contribution in [2.24, 2.45) is 0 Å². The topological polar surface area (TPSA) is 90.9 Å². The number of rotatable bonds is 9. The summed E-state index contributed by atoms with van der Waals surface area (Å²) in [6, 6.07) is 4.70. The number of anilines is 1. The summed E-state index contributed by atoms with van der Waals surface area (Å²) in [4.78, 5) is 36.4. The molecule has 0 aliphatic carbocycles. The van der Waals surface area contributed by atoms with Gasteiger partial charge in [0.15, 0.2) is 18.1 Å². The third-order valence-corrected chi connectivity index (χ3v) is 5.00. The smallest absolute Gasteiger partial charge is 0.341 e. The molecule has 0 atom stereocenters. The number of thiophene rings is 1. The van der Waals surface area contributed by atoms with Gasteiger partial charge in [-0.15, -0.1) is 11.3 Å². The van der Waals surface area contributed by atoms with Crippen molar-refractivity contribution in [1.82, 2.24) is 0 Å². The van der Waals surface area contributed by atoms with E-state index in [-0.39, 0.29) is 13.2 Å². The van der Waals surface area contributed by atoms with E-state index in [0.717, 1.165) is 10.4 Å². The number of benzene rings is 1. The molecule has 0 unspecified atom stereocenters. The number of aldehydes is 1. The van der Waals surface area contributed by atoms with Crippen LogP contribution in [0.3, 0.4) is 0 Å². The Hall–Kier alpha value is -2.87. The number of carbonyl (C=O) groups excluding carboxylic acids is 3. The quantitative estimate of drug-likeness (QED) is 0.504. The van der Waals surface area contributed by atoms with Crippen LogP contribution in [0.2, 0.25) is 0 Å². The lowest BCUT2D eigenvalue weighted by atomic mass is 10.1. The Morgan fingerprint density at radius 3 is 2.50 bits per heavy atom. The van der Waals surface area contributed by atoms with Gasteiger partial charge in [-0.2, -0.15) is 0 Å². The number of nitrogens with one attached hydrogen (secondary N) is 1. The Bertz CT molecular complexity index is 874. The van der Waals surface area contributed by atoms with Gasteiger partial charge in [0.1, 0.15) is 11.3 Å². The molecular weight excluding hydrogens is 382 g/mol. The molecule has 28 heavy (non-hydrogen) atoms. The second kappa shape index (κ2) is 9.89. The zero-order valence-corrected chi connectivity index (χ0v) is 17.1. The highest BCUT2D eigenvalue weighted by Crippen LogP contribution is 2.33. The maximum Gasteiger partial charge on any atom is 0.341 e. The second-order valence-corrected chi connectivity index (χ2v) is 7.03. The van der Waals surface area contributed by atoms with Gasteiger partial charge in [0, 0.05) is 10.4 Å². The maximum absolute atomic E-state index is 12.4. The van der Waals surface area contributed by atoms with Crippen LogP contribution >= 0.6 is 11.3 Å². The van der Waals surface area contributed by atoms with E-state index in [1.54, 1.807) is 25.1 Å². The molecule has 0 radical (unpaired) electrons. The number of aryl methyl sites for hydroxylation is 1. The number of carbonyl (C=O) groups is 3. The second-order valence-electron chi connectivity index (χ2n) is 5.80. The standard InChI is InChI=1S/C20H23NO6S/c1-5-25-16-9-14(10-22)7-8-15(16)27-11-17(23)21-19-18(20(24)26-6-2)12(3)13(4)28-19/h7-10H,5-6,11H2,1-4H3,(H,21,23). The molecule has 0 spiro atoms. The van der Waals surface area contributed by atoms with Crippen molar-refractivity contribution < 1.29 is 28.6 Å². The first-order valence-electron chi connectivity index (χ1n) is 8.83. The highest BCUT2D eigenvalue weighted by molar-refractivity contribution is 7.16. The van der Waals surface area contributed by atoms with Gasteiger partial charge < -0.3 is 19.5 Å². The maximum atomic E-state index is 12.4. The highest BCUT2D eigenvalue weighted by Gasteiger charge is 2.22. The molecule has 0 saturated carbocycles. The largest absolute Gasteiger partial charge is 0.490 e. The van der Waals surface area contributed by atoms with E-state index >= 15 is 0 Å². The number of hydrogen-bond acceptors (Lipinski definition) is 7. The molecule has 2 rings (SSSR count). The average molecular weight is 405 g/mol. The van der Waals surface area contributed by atoms with E-state index in [1.165, 1.54) is 11.3 Å². The van der Waals surface area contributed by atoms with Gasteiger partial charge in [-0.3, -0.25) is 9.59 Å². The predicted molar refractivity (Wildman–Crippen MR) is 107 cm³/mol. The Balaban J connectivity index is 2.11. The molecule has 150 valence electrons. The molecule has 1 heterocycles. The lowest BCUT2D eigenvalue weighted by Gasteiger charge is -2.12. The first-order valence-corrected chi connectivity index (χ1v) is 9.64. The predicted octanol–water partition coefficient (Wildman–Crippen LogP) is 3.77. The summed E-state index contributed by atoms with van der Waals surface area (Å²) < 4.78 is 16.1. The summed E-state index contributed by atoms with van der Waals surface area (Å²) in [5.74, 6) is -0.154. The van der Waals surface area contributed by atoms with E-state index in [4.69, 9.17) is 14.2 Å². The van der Waals surface area contributed by atoms with Crippen LogP contribution in [0, 0.1) is 13.8 Å². The molecule has 0 fully saturated rings. The van der Waals surface area contributed by atoms with Gasteiger partial charge >= 0.3 is 5.97 Å². The molecule has 8 heteroatoms. The van der Waals surface area contributed by atoms with Crippen LogP contribution in [0.15, 0.2) is 18.2 Å². The zero-order chi connectivity index (χ0) is 20.7. The zero-order valence-electron chi connectivity index (χ0n) is 16.3. The minimum absolute atomic E-state index is 0.251. The molecule has 1 amide bonds. The minimum atomic E-state index is -0.469. The van der Waals surface area contributed by atoms with Crippen LogP contribution in [0.5, 0.6) is 11.5 Å². The van der Waals surface area contributed by atoms with Crippen LogP contribution in [0.25, 0.3) is 0 Å². The van der Waals surface area contributed by atoms with Gasteiger partial charge in [-0.05, 0) is 51.5 Å². The molecule has 1 aromatic heterocycles. The third kappa shape index (κ3) is 5.10. The number of esters is 1. The summed E-state index contributed by atoms with van der Waals surface area (Å²) >= 11 is 1.31. The van der Waals surface area contributed by atoms with Crippen LogP contribution < -0.4 is 14.8 Å². The SMILES string of the molecule is CCOC(=O)c1c(NC(=O)COc2ccc(C=O)cc2OCC)sc(C)c1C. The van der Waals surface area contributed by atoms with Crippen molar-refractivity contribution in [3.8, 4) is 11.5 Å². The lowest BCUT2D eigenvalue weighted by molar-refractivity contribution is -0.118. The Morgan fingerprint density at radius 2 is 1.86 bits per heavy atom. The fourth-order valence-corrected chi connectivity index (χ4v) is 3.52. The Kier molecular flexibility index (Phi) is 7.57. The summed E-state index contributed by atoms with van der Waals surface area (Å²) in [6.07, 6.45) is 0.706. The van der Waals surface area contributed by atoms with E-state index in [2.05, 4.69) is 5.32 Å². The van der Waals surface area contributed by atoms with E-state index in [1.807, 2.05) is 20.8 Å². The van der Waals surface area contributed by atoms with E-state index in [0.29, 0.717) is 40.5 Å². The Morgan fingerprint density at radius 1 is 1.11 bits per heavy atom. The van der Waals surface area contributed by atoms with Gasteiger partial charge in [0.05, 0.1) is 18.8 Å². The van der Waals surface area contributed by atoms with Crippen molar-refractivity contribution in [1.29, 1.82) is 0 Å². The minimum Gasteiger partial charge on any atom is -0.490 e. The van der Waals surface area contributed by atoms with Gasteiger partial charge in [0.25, 0.3) is 5.91 Å². The average Bonchev–Trinajstić information content (AvgIpc) is 2.94. The molecule has 0 saturated heterocycles.